The lowest BCUT2D eigenvalue weighted by Crippen LogP contribution is -2.35. The smallest absolute Gasteiger partial charge is 0.342 e. The molecule has 0 radical (unpaired) electrons. The van der Waals surface area contributed by atoms with Crippen LogP contribution in [0.1, 0.15) is 140 Å². The lowest BCUT2D eigenvalue weighted by atomic mass is 9.82. The number of hydrogen-bond acceptors (Lipinski definition) is 30. The number of ether oxygens (including phenoxy) is 21. The van der Waals surface area contributed by atoms with Gasteiger partial charge in [0.05, 0.1) is 136 Å². The van der Waals surface area contributed by atoms with Crippen molar-refractivity contribution >= 4 is 104 Å². The van der Waals surface area contributed by atoms with E-state index in [4.69, 9.17) is 99.5 Å². The fraction of sp³-hybridized carbons (Fsp3) is 0.270. The van der Waals surface area contributed by atoms with E-state index >= 15 is 0 Å². The van der Waals surface area contributed by atoms with Crippen LogP contribution in [-0.4, -0.2) is 175 Å². The fourth-order valence-corrected chi connectivity index (χ4v) is 17.1. The molecule has 12 aromatic carbocycles. The molecule has 30 heteroatoms. The van der Waals surface area contributed by atoms with Gasteiger partial charge in [0.15, 0.2) is 34.1 Å². The van der Waals surface area contributed by atoms with Gasteiger partial charge >= 0.3 is 53.7 Å². The number of carbonyl (C=O) groups is 9. The molecule has 30 nitrogen and oxygen atoms in total. The second kappa shape index (κ2) is 44.6. The van der Waals surface area contributed by atoms with Gasteiger partial charge in [0, 0.05) is 82.4 Å². The summed E-state index contributed by atoms with van der Waals surface area (Å²) in [6.07, 6.45) is 3.87. The molecule has 728 valence electrons. The molecular formula is C111H104O30. The Balaban J connectivity index is 0.598. The fourth-order valence-electron chi connectivity index (χ4n) is 17.1. The summed E-state index contributed by atoms with van der Waals surface area (Å²) < 4.78 is 124. The third-order valence-corrected chi connectivity index (χ3v) is 24.1. The van der Waals surface area contributed by atoms with E-state index in [9.17, 15) is 43.2 Å². The van der Waals surface area contributed by atoms with Crippen molar-refractivity contribution in [1.82, 2.24) is 0 Å². The zero-order valence-corrected chi connectivity index (χ0v) is 79.6. The molecule has 0 N–H and O–H groups in total. The SMILES string of the molecule is COC(=O)c1c2c(c3ccccc3c1OC(=O)CCC(=O)OC(C)COCC(COCC(C)OC(=O)CCC(=O)Oc1c(C(=O)OC)c3c(c4ccccc14)OC(c1ccc(OC)cc1)(c1ccc(OC)cc1)C=C3)OCC(C)OC(=O)CCC(=O)Oc1c(C(=O)OC)c3c(c4ccccc14)OC(c1ccc(OC)cc1)(c1ccc(OC)cc1)C=C3)OC(c1ccc(OC)cc1)(c1ccc(OC)cc1)C=C2. The molecule has 0 aromatic heterocycles. The maximum atomic E-state index is 14.1. The van der Waals surface area contributed by atoms with Crippen LogP contribution in [0.2, 0.25) is 0 Å². The summed E-state index contributed by atoms with van der Waals surface area (Å²) in [7, 11) is 13.0. The van der Waals surface area contributed by atoms with Crippen LogP contribution in [0.15, 0.2) is 237 Å². The summed E-state index contributed by atoms with van der Waals surface area (Å²) in [4.78, 5) is 125. The van der Waals surface area contributed by atoms with Crippen LogP contribution in [0.3, 0.4) is 0 Å². The second-order valence-corrected chi connectivity index (χ2v) is 33.2. The van der Waals surface area contributed by atoms with E-state index in [-0.39, 0.29) is 89.4 Å². The van der Waals surface area contributed by atoms with Gasteiger partial charge in [-0.3, -0.25) is 28.8 Å². The Morgan fingerprint density at radius 3 is 0.716 bits per heavy atom. The number of benzene rings is 12. The number of methoxy groups -OCH3 is 9. The molecule has 0 bridgehead atoms. The van der Waals surface area contributed by atoms with E-state index < -0.39 is 133 Å². The van der Waals surface area contributed by atoms with Crippen LogP contribution >= 0.6 is 0 Å². The highest BCUT2D eigenvalue weighted by molar-refractivity contribution is 6.13. The summed E-state index contributed by atoms with van der Waals surface area (Å²) in [6, 6.07) is 65.0. The van der Waals surface area contributed by atoms with Crippen LogP contribution in [0.5, 0.6) is 69.0 Å². The summed E-state index contributed by atoms with van der Waals surface area (Å²) >= 11 is 0. The van der Waals surface area contributed by atoms with Crippen molar-refractivity contribution in [2.45, 2.75) is 101 Å². The largest absolute Gasteiger partial charge is 0.497 e. The molecule has 3 heterocycles. The molecule has 12 aromatic rings. The molecule has 0 saturated heterocycles. The van der Waals surface area contributed by atoms with E-state index in [1.165, 1.54) is 21.3 Å². The van der Waals surface area contributed by atoms with Gasteiger partial charge in [-0.05, 0) is 130 Å². The van der Waals surface area contributed by atoms with E-state index in [1.54, 1.807) is 173 Å². The zero-order chi connectivity index (χ0) is 99.7. The molecule has 15 rings (SSSR count). The molecule has 3 aliphatic rings. The Hall–Kier alpha value is -16.1. The Labute approximate surface area is 812 Å². The number of hydrogen-bond donors (Lipinski definition) is 0. The van der Waals surface area contributed by atoms with Crippen molar-refractivity contribution in [3.63, 3.8) is 0 Å². The van der Waals surface area contributed by atoms with E-state index in [0.717, 1.165) is 33.4 Å². The number of rotatable bonds is 41. The summed E-state index contributed by atoms with van der Waals surface area (Å²) in [5.74, 6) is -3.39. The van der Waals surface area contributed by atoms with Crippen molar-refractivity contribution in [2.24, 2.45) is 0 Å². The van der Waals surface area contributed by atoms with Gasteiger partial charge in [-0.1, -0.05) is 146 Å². The first kappa shape index (κ1) is 99.4. The second-order valence-electron chi connectivity index (χ2n) is 33.2. The predicted octanol–water partition coefficient (Wildman–Crippen LogP) is 18.3. The molecule has 0 saturated carbocycles. The molecule has 3 unspecified atom stereocenters. The van der Waals surface area contributed by atoms with Crippen molar-refractivity contribution in [3.05, 3.63) is 303 Å². The lowest BCUT2D eigenvalue weighted by molar-refractivity contribution is -0.160. The van der Waals surface area contributed by atoms with E-state index in [0.29, 0.717) is 78.3 Å². The lowest BCUT2D eigenvalue weighted by Gasteiger charge is -2.37. The zero-order valence-electron chi connectivity index (χ0n) is 79.6. The monoisotopic (exact) mass is 1920 g/mol. The average molecular weight is 1920 g/mol. The first-order valence-corrected chi connectivity index (χ1v) is 45.3. The van der Waals surface area contributed by atoms with Crippen LogP contribution in [0.4, 0.5) is 0 Å². The first-order chi connectivity index (χ1) is 68.3. The topological polar surface area (TPSA) is 347 Å². The van der Waals surface area contributed by atoms with Gasteiger partial charge in [-0.15, -0.1) is 0 Å². The number of fused-ring (bicyclic) bond motifs is 9. The third-order valence-electron chi connectivity index (χ3n) is 24.1. The first-order valence-electron chi connectivity index (χ1n) is 45.3. The molecule has 3 atom stereocenters. The average Bonchev–Trinajstić information content (AvgIpc) is 0.728. The maximum absolute atomic E-state index is 14.1. The number of esters is 9. The molecule has 0 aliphatic carbocycles. The minimum absolute atomic E-state index is 0.106. The standard InChI is InChI=1S/C111H104O30/c1-66(133-91(112)49-52-94(115)136-103-85-22-16-13-19-82(85)100-88(97(103)106(118)127-10)55-58-109(139-100,69-25-37-75(121-4)38-26-69)70-27-39-76(122-5)40-28-70)61-130-64-81(132-63-68(3)135-93(114)51-54-96(117)138-105-87-24-18-15-21-84(87)102-90(99(105)108(120)129-12)57-60-111(141-102,73-33-45-79(125-8)46-34-73)74-35-47-80(126-9)48-36-74)65-131-62-67(2)134-92(113)50-53-95(116)137-104-86-23-17-14-20-83(86)101-89(98(104)107(119)128-11)56-59-110(140-101,71-29-41-77(123-6)42-30-71)72-31-43-78(124-7)44-32-72/h13-48,55-60,66-68,81H,49-54,61-65H2,1-12H3. The summed E-state index contributed by atoms with van der Waals surface area (Å²) in [5.41, 5.74) is 1.01. The Morgan fingerprint density at radius 1 is 0.270 bits per heavy atom. The molecule has 141 heavy (non-hydrogen) atoms. The summed E-state index contributed by atoms with van der Waals surface area (Å²) in [5, 5.41) is 2.44. The Kier molecular flexibility index (Phi) is 31.5. The van der Waals surface area contributed by atoms with Crippen molar-refractivity contribution in [3.8, 4) is 69.0 Å². The van der Waals surface area contributed by atoms with E-state index in [1.807, 2.05) is 146 Å². The molecule has 3 aliphatic heterocycles. The quantitative estimate of drug-likeness (QED) is 0.0195. The Bertz CT molecular complexity index is 6330. The Morgan fingerprint density at radius 2 is 0.489 bits per heavy atom. The highest BCUT2D eigenvalue weighted by Crippen LogP contribution is 2.55. The summed E-state index contributed by atoms with van der Waals surface area (Å²) in [6.45, 7) is 3.51. The van der Waals surface area contributed by atoms with E-state index in [2.05, 4.69) is 0 Å². The van der Waals surface area contributed by atoms with Crippen molar-refractivity contribution in [1.29, 1.82) is 0 Å². The molecule has 0 spiro atoms. The van der Waals surface area contributed by atoms with Crippen LogP contribution < -0.4 is 56.8 Å². The van der Waals surface area contributed by atoms with Crippen molar-refractivity contribution < 1.29 is 143 Å². The molecule has 0 amide bonds. The van der Waals surface area contributed by atoms with Gasteiger partial charge in [0.25, 0.3) is 0 Å². The van der Waals surface area contributed by atoms with Gasteiger partial charge in [0.2, 0.25) is 0 Å². The predicted molar refractivity (Wildman–Crippen MR) is 518 cm³/mol. The van der Waals surface area contributed by atoms with Crippen LogP contribution in [-0.2, 0) is 88.2 Å². The molecule has 0 fully saturated rings. The van der Waals surface area contributed by atoms with Gasteiger partial charge in [0.1, 0.15) is 92.9 Å². The van der Waals surface area contributed by atoms with Crippen LogP contribution in [0.25, 0.3) is 50.5 Å². The molecular weight excluding hydrogens is 1810 g/mol. The van der Waals surface area contributed by atoms with Gasteiger partial charge in [-0.25, -0.2) is 14.4 Å². The maximum Gasteiger partial charge on any atom is 0.342 e. The third kappa shape index (κ3) is 21.6. The van der Waals surface area contributed by atoms with Crippen molar-refractivity contribution in [2.75, 3.05) is 97.0 Å². The normalized spacial score (nSPS) is 14.0. The van der Waals surface area contributed by atoms with Gasteiger partial charge < -0.3 is 99.5 Å². The minimum atomic E-state index is -1.27. The highest BCUT2D eigenvalue weighted by Gasteiger charge is 2.45. The van der Waals surface area contributed by atoms with Crippen LogP contribution in [0, 0.1) is 0 Å². The number of carbonyl (C=O) groups excluding carboxylic acids is 9. The van der Waals surface area contributed by atoms with Gasteiger partial charge in [-0.2, -0.15) is 0 Å². The minimum Gasteiger partial charge on any atom is -0.497 e. The highest BCUT2D eigenvalue weighted by atomic mass is 16.6.